The van der Waals surface area contributed by atoms with Crippen molar-refractivity contribution < 1.29 is 5.11 Å². The molecular formula is C16H28N4O. The topological polar surface area (TPSA) is 70.1 Å². The summed E-state index contributed by atoms with van der Waals surface area (Å²) in [5, 5.41) is 17.0. The van der Waals surface area contributed by atoms with E-state index in [1.807, 2.05) is 6.07 Å². The number of aliphatic hydroxyl groups is 1. The summed E-state index contributed by atoms with van der Waals surface area (Å²) in [4.78, 5) is 9.04. The zero-order chi connectivity index (χ0) is 15.1. The lowest BCUT2D eigenvalue weighted by atomic mass is 10.1. The van der Waals surface area contributed by atoms with Crippen LogP contribution in [0.4, 0.5) is 11.6 Å². The van der Waals surface area contributed by atoms with Gasteiger partial charge in [0, 0.05) is 19.0 Å². The summed E-state index contributed by atoms with van der Waals surface area (Å²) < 4.78 is 0. The van der Waals surface area contributed by atoms with Crippen molar-refractivity contribution in [1.82, 2.24) is 9.97 Å². The number of aromatic nitrogens is 2. The second-order valence-electron chi connectivity index (χ2n) is 5.79. The number of aliphatic hydroxyl groups excluding tert-OH is 1. The quantitative estimate of drug-likeness (QED) is 0.703. The Labute approximate surface area is 127 Å². The van der Waals surface area contributed by atoms with Crippen LogP contribution in [0, 0.1) is 0 Å². The van der Waals surface area contributed by atoms with Crippen LogP contribution in [0.15, 0.2) is 6.07 Å². The molecule has 0 bridgehead atoms. The van der Waals surface area contributed by atoms with Gasteiger partial charge in [-0.25, -0.2) is 9.97 Å². The highest BCUT2D eigenvalue weighted by Crippen LogP contribution is 2.22. The first-order valence-corrected chi connectivity index (χ1v) is 8.29. The largest absolute Gasteiger partial charge is 0.391 e. The average molecular weight is 292 g/mol. The molecule has 0 radical (unpaired) electrons. The number of nitrogens with one attached hydrogen (secondary N) is 2. The van der Waals surface area contributed by atoms with Crippen molar-refractivity contribution in [2.24, 2.45) is 0 Å². The van der Waals surface area contributed by atoms with Gasteiger partial charge in [0.15, 0.2) is 0 Å². The number of aryl methyl sites for hydroxylation is 1. The average Bonchev–Trinajstić information content (AvgIpc) is 2.70. The molecule has 5 heteroatoms. The monoisotopic (exact) mass is 292 g/mol. The number of anilines is 2. The van der Waals surface area contributed by atoms with Gasteiger partial charge >= 0.3 is 0 Å². The van der Waals surface area contributed by atoms with E-state index in [9.17, 15) is 5.11 Å². The predicted molar refractivity (Wildman–Crippen MR) is 86.7 cm³/mol. The maximum atomic E-state index is 10.2. The van der Waals surface area contributed by atoms with Crippen LogP contribution in [-0.4, -0.2) is 33.8 Å². The van der Waals surface area contributed by atoms with Crippen molar-refractivity contribution in [2.75, 3.05) is 17.2 Å². The van der Waals surface area contributed by atoms with E-state index in [1.54, 1.807) is 0 Å². The molecule has 0 aromatic carbocycles. The second-order valence-corrected chi connectivity index (χ2v) is 5.79. The van der Waals surface area contributed by atoms with E-state index in [2.05, 4.69) is 34.4 Å². The zero-order valence-electron chi connectivity index (χ0n) is 13.2. The molecule has 1 aliphatic carbocycles. The van der Waals surface area contributed by atoms with Crippen LogP contribution in [0.5, 0.6) is 0 Å². The number of rotatable bonds is 6. The van der Waals surface area contributed by atoms with Crippen LogP contribution in [0.25, 0.3) is 0 Å². The molecule has 1 aromatic heterocycles. The Hall–Kier alpha value is -1.36. The fraction of sp³-hybridized carbons (Fsp3) is 0.750. The predicted octanol–water partition coefficient (Wildman–Crippen LogP) is 2.97. The minimum absolute atomic E-state index is 0.103. The first kappa shape index (κ1) is 16.0. The Morgan fingerprint density at radius 3 is 2.67 bits per heavy atom. The molecule has 1 aliphatic rings. The van der Waals surface area contributed by atoms with Gasteiger partial charge in [0.25, 0.3) is 0 Å². The minimum atomic E-state index is -0.278. The molecule has 2 rings (SSSR count). The van der Waals surface area contributed by atoms with E-state index < -0.39 is 0 Å². The maximum Gasteiger partial charge on any atom is 0.132 e. The molecule has 1 saturated carbocycles. The van der Waals surface area contributed by atoms with Gasteiger partial charge in [-0.2, -0.15) is 0 Å². The van der Waals surface area contributed by atoms with E-state index >= 15 is 0 Å². The summed E-state index contributed by atoms with van der Waals surface area (Å²) in [7, 11) is 0. The first-order valence-electron chi connectivity index (χ1n) is 8.29. The molecule has 1 fully saturated rings. The van der Waals surface area contributed by atoms with Gasteiger partial charge in [-0.1, -0.05) is 33.1 Å². The van der Waals surface area contributed by atoms with Gasteiger partial charge in [0.05, 0.1) is 12.1 Å². The standard InChI is InChI=1S/C16H28N4O/c1-3-10-17-15-11-16(20-14(4-2)19-15)18-12-8-6-5-7-9-13(12)21/h11-13,21H,3-10H2,1-2H3,(H2,17,18,19,20). The summed E-state index contributed by atoms with van der Waals surface area (Å²) in [6, 6.07) is 2.05. The van der Waals surface area contributed by atoms with Crippen molar-refractivity contribution in [3.63, 3.8) is 0 Å². The number of hydrogen-bond acceptors (Lipinski definition) is 5. The Balaban J connectivity index is 2.09. The van der Waals surface area contributed by atoms with Gasteiger partial charge in [-0.05, 0) is 19.3 Å². The third kappa shape index (κ3) is 4.84. The van der Waals surface area contributed by atoms with E-state index in [-0.39, 0.29) is 12.1 Å². The molecule has 3 N–H and O–H groups in total. The summed E-state index contributed by atoms with van der Waals surface area (Å²) in [6.45, 7) is 5.10. The van der Waals surface area contributed by atoms with Gasteiger partial charge in [0.2, 0.25) is 0 Å². The van der Waals surface area contributed by atoms with Gasteiger partial charge in [0.1, 0.15) is 17.5 Å². The molecule has 2 atom stereocenters. The third-order valence-corrected chi connectivity index (χ3v) is 3.96. The van der Waals surface area contributed by atoms with E-state index in [1.165, 1.54) is 12.8 Å². The number of nitrogens with zero attached hydrogens (tertiary/aromatic N) is 2. The third-order valence-electron chi connectivity index (χ3n) is 3.96. The zero-order valence-corrected chi connectivity index (χ0v) is 13.2. The smallest absolute Gasteiger partial charge is 0.132 e. The lowest BCUT2D eigenvalue weighted by Crippen LogP contribution is -2.33. The van der Waals surface area contributed by atoms with E-state index in [4.69, 9.17) is 0 Å². The Bertz CT molecular complexity index is 438. The van der Waals surface area contributed by atoms with Crippen LogP contribution in [-0.2, 0) is 6.42 Å². The molecule has 0 aliphatic heterocycles. The van der Waals surface area contributed by atoms with Crippen molar-refractivity contribution in [1.29, 1.82) is 0 Å². The fourth-order valence-corrected chi connectivity index (χ4v) is 2.72. The summed E-state index contributed by atoms with van der Waals surface area (Å²) in [5.41, 5.74) is 0. The fourth-order valence-electron chi connectivity index (χ4n) is 2.72. The van der Waals surface area contributed by atoms with Crippen molar-refractivity contribution in [3.05, 3.63) is 11.9 Å². The van der Waals surface area contributed by atoms with Crippen LogP contribution in [0.3, 0.4) is 0 Å². The van der Waals surface area contributed by atoms with Crippen LogP contribution < -0.4 is 10.6 Å². The first-order chi connectivity index (χ1) is 10.2. The molecule has 1 heterocycles. The minimum Gasteiger partial charge on any atom is -0.391 e. The Kier molecular flexibility index (Phi) is 6.23. The SMILES string of the molecule is CCCNc1cc(NC2CCCCCC2O)nc(CC)n1. The highest BCUT2D eigenvalue weighted by atomic mass is 16.3. The summed E-state index contributed by atoms with van der Waals surface area (Å²) in [5.74, 6) is 2.53. The van der Waals surface area contributed by atoms with Crippen LogP contribution in [0.2, 0.25) is 0 Å². The summed E-state index contributed by atoms with van der Waals surface area (Å²) >= 11 is 0. The number of hydrogen-bond donors (Lipinski definition) is 3. The molecule has 5 nitrogen and oxygen atoms in total. The summed E-state index contributed by atoms with van der Waals surface area (Å²) in [6.07, 6.45) is 6.98. The Morgan fingerprint density at radius 1 is 1.14 bits per heavy atom. The molecule has 0 amide bonds. The van der Waals surface area contributed by atoms with Crippen molar-refractivity contribution in [2.45, 2.75) is 70.9 Å². The molecule has 2 unspecified atom stereocenters. The molecule has 0 spiro atoms. The lowest BCUT2D eigenvalue weighted by molar-refractivity contribution is 0.144. The lowest BCUT2D eigenvalue weighted by Gasteiger charge is -2.22. The van der Waals surface area contributed by atoms with Crippen LogP contribution in [0.1, 0.15) is 58.2 Å². The normalized spacial score (nSPS) is 22.6. The maximum absolute atomic E-state index is 10.2. The highest BCUT2D eigenvalue weighted by Gasteiger charge is 2.22. The van der Waals surface area contributed by atoms with Gasteiger partial charge < -0.3 is 15.7 Å². The van der Waals surface area contributed by atoms with Crippen molar-refractivity contribution in [3.8, 4) is 0 Å². The van der Waals surface area contributed by atoms with Crippen LogP contribution >= 0.6 is 0 Å². The Morgan fingerprint density at radius 2 is 1.90 bits per heavy atom. The molecular weight excluding hydrogens is 264 g/mol. The van der Waals surface area contributed by atoms with E-state index in [0.717, 1.165) is 56.1 Å². The highest BCUT2D eigenvalue weighted by molar-refractivity contribution is 5.48. The molecule has 118 valence electrons. The van der Waals surface area contributed by atoms with Gasteiger partial charge in [-0.15, -0.1) is 0 Å². The second kappa shape index (κ2) is 8.17. The van der Waals surface area contributed by atoms with Crippen molar-refractivity contribution >= 4 is 11.6 Å². The van der Waals surface area contributed by atoms with Gasteiger partial charge in [-0.3, -0.25) is 0 Å². The molecule has 0 saturated heterocycles. The molecule has 21 heavy (non-hydrogen) atoms. The molecule has 1 aromatic rings. The van der Waals surface area contributed by atoms with E-state index in [0.29, 0.717) is 0 Å².